The van der Waals surface area contributed by atoms with Gasteiger partial charge in [0.15, 0.2) is 0 Å². The molecule has 2 aliphatic rings. The smallest absolute Gasteiger partial charge is 0.282 e. The Bertz CT molecular complexity index is 162. The predicted octanol–water partition coefficient (Wildman–Crippen LogP) is 1.92. The number of amidine groups is 1. The molecule has 1 saturated carbocycles. The number of rotatable bonds is 0. The quantitative estimate of drug-likeness (QED) is 0.625. The van der Waals surface area contributed by atoms with E-state index in [1.807, 2.05) is 0 Å². The first-order valence-electron chi connectivity index (χ1n) is 5.22. The largest absolute Gasteiger partial charge is 0.463 e. The Labute approximate surface area is 80.4 Å². The van der Waals surface area contributed by atoms with Crippen molar-refractivity contribution in [1.29, 1.82) is 0 Å². The highest BCUT2D eigenvalue weighted by Gasteiger charge is 2.05. The molecule has 13 heavy (non-hydrogen) atoms. The van der Waals surface area contributed by atoms with E-state index in [1.165, 1.54) is 32.1 Å². The van der Waals surface area contributed by atoms with E-state index in [2.05, 4.69) is 16.7 Å². The lowest BCUT2D eigenvalue weighted by molar-refractivity contribution is 0.342. The molecule has 1 aliphatic carbocycles. The number of nitrogens with zero attached hydrogens (tertiary/aromatic N) is 1. The number of hydrogen-bond acceptors (Lipinski definition) is 3. The maximum absolute atomic E-state index is 5.06. The number of nitrogens with two attached hydrogens (primary N) is 1. The SMILES string of the molecule is CC1CCCCC1.NC1=NCCO1. The van der Waals surface area contributed by atoms with E-state index >= 15 is 0 Å². The van der Waals surface area contributed by atoms with Gasteiger partial charge in [-0.2, -0.15) is 0 Å². The third-order valence-electron chi connectivity index (χ3n) is 2.50. The second-order valence-electron chi connectivity index (χ2n) is 3.81. The zero-order chi connectivity index (χ0) is 9.52. The van der Waals surface area contributed by atoms with Crippen molar-refractivity contribution in [3.05, 3.63) is 0 Å². The summed E-state index contributed by atoms with van der Waals surface area (Å²) in [6.07, 6.45) is 7.44. The Morgan fingerprint density at radius 1 is 1.31 bits per heavy atom. The molecule has 2 N–H and O–H groups in total. The van der Waals surface area contributed by atoms with Crippen LogP contribution in [0.15, 0.2) is 4.99 Å². The molecule has 76 valence electrons. The van der Waals surface area contributed by atoms with Crippen molar-refractivity contribution in [3.63, 3.8) is 0 Å². The molecular formula is C10H20N2O. The summed E-state index contributed by atoms with van der Waals surface area (Å²) in [5.41, 5.74) is 5.06. The molecule has 0 aromatic rings. The monoisotopic (exact) mass is 184 g/mol. The highest BCUT2D eigenvalue weighted by atomic mass is 16.5. The summed E-state index contributed by atoms with van der Waals surface area (Å²) in [7, 11) is 0. The average Bonchev–Trinajstić information content (AvgIpc) is 2.58. The molecule has 2 rings (SSSR count). The van der Waals surface area contributed by atoms with E-state index in [9.17, 15) is 0 Å². The second-order valence-corrected chi connectivity index (χ2v) is 3.81. The minimum absolute atomic E-state index is 0.329. The van der Waals surface area contributed by atoms with Crippen molar-refractivity contribution in [3.8, 4) is 0 Å². The summed E-state index contributed by atoms with van der Waals surface area (Å²) in [6.45, 7) is 3.75. The Kier molecular flexibility index (Phi) is 4.65. The van der Waals surface area contributed by atoms with Crippen LogP contribution in [0.2, 0.25) is 0 Å². The van der Waals surface area contributed by atoms with Crippen LogP contribution in [0, 0.1) is 5.92 Å². The van der Waals surface area contributed by atoms with Gasteiger partial charge in [-0.1, -0.05) is 39.0 Å². The van der Waals surface area contributed by atoms with Crippen LogP contribution in [0.3, 0.4) is 0 Å². The summed E-state index contributed by atoms with van der Waals surface area (Å²) >= 11 is 0. The molecule has 0 unspecified atom stereocenters. The normalized spacial score (nSPS) is 22.7. The Morgan fingerprint density at radius 3 is 2.23 bits per heavy atom. The molecule has 1 heterocycles. The van der Waals surface area contributed by atoms with Gasteiger partial charge in [0, 0.05) is 0 Å². The van der Waals surface area contributed by atoms with Crippen LogP contribution in [0.5, 0.6) is 0 Å². The molecule has 3 heteroatoms. The maximum Gasteiger partial charge on any atom is 0.282 e. The van der Waals surface area contributed by atoms with E-state index in [-0.39, 0.29) is 0 Å². The molecule has 0 atom stereocenters. The lowest BCUT2D eigenvalue weighted by Gasteiger charge is -2.15. The van der Waals surface area contributed by atoms with Gasteiger partial charge in [-0.3, -0.25) is 0 Å². The number of ether oxygens (including phenoxy) is 1. The third-order valence-corrected chi connectivity index (χ3v) is 2.50. The van der Waals surface area contributed by atoms with Gasteiger partial charge < -0.3 is 10.5 Å². The third kappa shape index (κ3) is 4.76. The standard InChI is InChI=1S/C7H14.C3H6N2O/c1-7-5-3-2-4-6-7;4-3-5-1-2-6-3/h7H,2-6H2,1H3;1-2H2,(H2,4,5). The highest BCUT2D eigenvalue weighted by molar-refractivity contribution is 5.72. The molecule has 1 fully saturated rings. The van der Waals surface area contributed by atoms with Crippen molar-refractivity contribution in [2.75, 3.05) is 13.2 Å². The van der Waals surface area contributed by atoms with Crippen LogP contribution in [0.1, 0.15) is 39.0 Å². The van der Waals surface area contributed by atoms with Crippen molar-refractivity contribution in [1.82, 2.24) is 0 Å². The average molecular weight is 184 g/mol. The first-order chi connectivity index (χ1) is 6.29. The van der Waals surface area contributed by atoms with E-state index in [1.54, 1.807) is 0 Å². The fourth-order valence-electron chi connectivity index (χ4n) is 1.66. The van der Waals surface area contributed by atoms with Crippen LogP contribution in [0.25, 0.3) is 0 Å². The molecular weight excluding hydrogens is 164 g/mol. The zero-order valence-corrected chi connectivity index (χ0v) is 8.46. The maximum atomic E-state index is 5.06. The summed E-state index contributed by atoms with van der Waals surface area (Å²) in [4.78, 5) is 3.71. The van der Waals surface area contributed by atoms with Crippen molar-refractivity contribution in [2.45, 2.75) is 39.0 Å². The highest BCUT2D eigenvalue weighted by Crippen LogP contribution is 2.22. The van der Waals surface area contributed by atoms with Gasteiger partial charge in [0.1, 0.15) is 6.61 Å². The van der Waals surface area contributed by atoms with Gasteiger partial charge in [-0.15, -0.1) is 0 Å². The minimum Gasteiger partial charge on any atom is -0.463 e. The van der Waals surface area contributed by atoms with E-state index in [0.717, 1.165) is 12.5 Å². The van der Waals surface area contributed by atoms with Crippen LogP contribution in [-0.4, -0.2) is 19.2 Å². The van der Waals surface area contributed by atoms with Gasteiger partial charge in [-0.25, -0.2) is 4.99 Å². The first-order valence-corrected chi connectivity index (χ1v) is 5.22. The Hall–Kier alpha value is -0.730. The number of hydrogen-bond donors (Lipinski definition) is 1. The molecule has 0 aromatic heterocycles. The van der Waals surface area contributed by atoms with Crippen LogP contribution >= 0.6 is 0 Å². The lowest BCUT2D eigenvalue weighted by atomic mass is 9.91. The molecule has 0 aromatic carbocycles. The zero-order valence-electron chi connectivity index (χ0n) is 8.46. The summed E-state index contributed by atoms with van der Waals surface area (Å²) in [6, 6.07) is 0.329. The fourth-order valence-corrected chi connectivity index (χ4v) is 1.66. The summed E-state index contributed by atoms with van der Waals surface area (Å²) < 4.78 is 4.68. The Morgan fingerprint density at radius 2 is 2.00 bits per heavy atom. The second kappa shape index (κ2) is 5.84. The molecule has 1 aliphatic heterocycles. The molecule has 0 bridgehead atoms. The lowest BCUT2D eigenvalue weighted by Crippen LogP contribution is -2.10. The first kappa shape index (κ1) is 10.4. The fraction of sp³-hybridized carbons (Fsp3) is 0.900. The van der Waals surface area contributed by atoms with Gasteiger partial charge >= 0.3 is 0 Å². The van der Waals surface area contributed by atoms with Crippen LogP contribution < -0.4 is 5.73 Å². The van der Waals surface area contributed by atoms with E-state index < -0.39 is 0 Å². The van der Waals surface area contributed by atoms with Crippen LogP contribution in [-0.2, 0) is 4.74 Å². The van der Waals surface area contributed by atoms with Gasteiger partial charge in [0.25, 0.3) is 6.02 Å². The van der Waals surface area contributed by atoms with Crippen molar-refractivity contribution in [2.24, 2.45) is 16.6 Å². The molecule has 0 radical (unpaired) electrons. The van der Waals surface area contributed by atoms with Gasteiger partial charge in [0.05, 0.1) is 6.54 Å². The predicted molar refractivity (Wildman–Crippen MR) is 54.7 cm³/mol. The molecule has 3 nitrogen and oxygen atoms in total. The molecule has 0 amide bonds. The summed E-state index contributed by atoms with van der Waals surface area (Å²) in [5.74, 6) is 1.04. The van der Waals surface area contributed by atoms with Gasteiger partial charge in [-0.05, 0) is 5.92 Å². The van der Waals surface area contributed by atoms with Crippen LogP contribution in [0.4, 0.5) is 0 Å². The topological polar surface area (TPSA) is 47.6 Å². The molecule has 0 spiro atoms. The Balaban J connectivity index is 0.000000132. The van der Waals surface area contributed by atoms with Gasteiger partial charge in [0.2, 0.25) is 0 Å². The van der Waals surface area contributed by atoms with E-state index in [0.29, 0.717) is 12.6 Å². The summed E-state index contributed by atoms with van der Waals surface area (Å²) in [5, 5.41) is 0. The number of aliphatic imine (C=N–C) groups is 1. The van der Waals surface area contributed by atoms with Crippen molar-refractivity contribution >= 4 is 6.02 Å². The minimum atomic E-state index is 0.329. The molecule has 0 saturated heterocycles. The van der Waals surface area contributed by atoms with Crippen molar-refractivity contribution < 1.29 is 4.74 Å². The van der Waals surface area contributed by atoms with E-state index in [4.69, 9.17) is 5.73 Å².